The van der Waals surface area contributed by atoms with Gasteiger partial charge >= 0.3 is 0 Å². The monoisotopic (exact) mass is 309 g/mol. The largest absolute Gasteiger partial charge is 0.354 e. The maximum atomic E-state index is 11.8. The van der Waals surface area contributed by atoms with Gasteiger partial charge in [0.2, 0.25) is 5.91 Å². The van der Waals surface area contributed by atoms with Gasteiger partial charge in [0, 0.05) is 18.0 Å². The topological polar surface area (TPSA) is 54.0 Å². The lowest BCUT2D eigenvalue weighted by Crippen LogP contribution is -2.41. The van der Waals surface area contributed by atoms with E-state index in [1.54, 1.807) is 11.3 Å². The summed E-state index contributed by atoms with van der Waals surface area (Å²) in [7, 11) is 0. The molecule has 0 saturated carbocycles. The van der Waals surface area contributed by atoms with Gasteiger partial charge in [-0.1, -0.05) is 11.6 Å². The van der Waals surface area contributed by atoms with E-state index < -0.39 is 0 Å². The van der Waals surface area contributed by atoms with E-state index in [4.69, 9.17) is 11.6 Å². The Morgan fingerprint density at radius 1 is 1.55 bits per heavy atom. The summed E-state index contributed by atoms with van der Waals surface area (Å²) >= 11 is 7.60. The zero-order valence-corrected chi connectivity index (χ0v) is 12.6. The van der Waals surface area contributed by atoms with E-state index in [1.165, 1.54) is 0 Å². The van der Waals surface area contributed by atoms with Crippen LogP contribution in [-0.2, 0) is 11.2 Å². The first-order chi connectivity index (χ1) is 9.72. The summed E-state index contributed by atoms with van der Waals surface area (Å²) < 4.78 is 1.13. The summed E-state index contributed by atoms with van der Waals surface area (Å²) in [6.07, 6.45) is 2.78. The molecule has 3 rings (SSSR count). The van der Waals surface area contributed by atoms with Crippen molar-refractivity contribution in [3.63, 3.8) is 0 Å². The molecule has 2 N–H and O–H groups in total. The molecule has 2 heterocycles. The van der Waals surface area contributed by atoms with E-state index in [9.17, 15) is 4.79 Å². The summed E-state index contributed by atoms with van der Waals surface area (Å²) in [6.45, 7) is 1.57. The molecule has 106 valence electrons. The number of thiazole rings is 1. The van der Waals surface area contributed by atoms with Crippen LogP contribution in [0.3, 0.4) is 0 Å². The van der Waals surface area contributed by atoms with Crippen LogP contribution < -0.4 is 10.6 Å². The summed E-state index contributed by atoms with van der Waals surface area (Å²) in [6, 6.07) is 5.72. The number of hydrogen-bond donors (Lipinski definition) is 2. The highest BCUT2D eigenvalue weighted by atomic mass is 35.5. The lowest BCUT2D eigenvalue weighted by molar-refractivity contribution is -0.122. The summed E-state index contributed by atoms with van der Waals surface area (Å²) in [4.78, 5) is 16.4. The van der Waals surface area contributed by atoms with Gasteiger partial charge in [-0.3, -0.25) is 4.79 Å². The van der Waals surface area contributed by atoms with E-state index in [-0.39, 0.29) is 11.9 Å². The van der Waals surface area contributed by atoms with Gasteiger partial charge in [0.05, 0.1) is 21.3 Å². The van der Waals surface area contributed by atoms with Crippen molar-refractivity contribution in [1.82, 2.24) is 15.6 Å². The van der Waals surface area contributed by atoms with Crippen molar-refractivity contribution in [1.29, 1.82) is 0 Å². The predicted octanol–water partition coefficient (Wildman–Crippen LogP) is 2.36. The van der Waals surface area contributed by atoms with E-state index >= 15 is 0 Å². The Hall–Kier alpha value is -1.17. The highest BCUT2D eigenvalue weighted by molar-refractivity contribution is 7.18. The van der Waals surface area contributed by atoms with Crippen LogP contribution in [0.2, 0.25) is 5.02 Å². The van der Waals surface area contributed by atoms with Gasteiger partial charge in [0.25, 0.3) is 0 Å². The smallest absolute Gasteiger partial charge is 0.237 e. The van der Waals surface area contributed by atoms with Gasteiger partial charge < -0.3 is 10.6 Å². The minimum Gasteiger partial charge on any atom is -0.354 e. The Kier molecular flexibility index (Phi) is 4.19. The van der Waals surface area contributed by atoms with Gasteiger partial charge in [-0.2, -0.15) is 0 Å². The van der Waals surface area contributed by atoms with Crippen molar-refractivity contribution in [3.05, 3.63) is 28.2 Å². The standard InChI is InChI=1S/C14H16ClN3OS/c15-9-3-4-12-11(8-9)18-13(20-12)5-7-17-14(19)10-2-1-6-16-10/h3-4,8,10,16H,1-2,5-7H2,(H,17,19). The van der Waals surface area contributed by atoms with Crippen molar-refractivity contribution in [3.8, 4) is 0 Å². The zero-order chi connectivity index (χ0) is 13.9. The van der Waals surface area contributed by atoms with Crippen LogP contribution in [0.25, 0.3) is 10.2 Å². The van der Waals surface area contributed by atoms with E-state index in [1.807, 2.05) is 18.2 Å². The number of hydrogen-bond acceptors (Lipinski definition) is 4. The molecule has 1 saturated heterocycles. The summed E-state index contributed by atoms with van der Waals surface area (Å²) in [5, 5.41) is 7.89. The van der Waals surface area contributed by atoms with Gasteiger partial charge in [0.15, 0.2) is 0 Å². The predicted molar refractivity (Wildman–Crippen MR) is 82.4 cm³/mol. The lowest BCUT2D eigenvalue weighted by Gasteiger charge is -2.09. The molecule has 1 fully saturated rings. The Labute approximate surface area is 126 Å². The molecule has 4 nitrogen and oxygen atoms in total. The molecule has 0 spiro atoms. The molecule has 1 aliphatic heterocycles. The van der Waals surface area contributed by atoms with Gasteiger partial charge in [-0.25, -0.2) is 4.98 Å². The fourth-order valence-corrected chi connectivity index (χ4v) is 3.49. The Morgan fingerprint density at radius 2 is 2.45 bits per heavy atom. The number of aromatic nitrogens is 1. The highest BCUT2D eigenvalue weighted by Crippen LogP contribution is 2.25. The Balaban J connectivity index is 1.55. The fourth-order valence-electron chi connectivity index (χ4n) is 2.38. The van der Waals surface area contributed by atoms with Crippen LogP contribution in [0.15, 0.2) is 18.2 Å². The van der Waals surface area contributed by atoms with Crippen molar-refractivity contribution in [2.75, 3.05) is 13.1 Å². The van der Waals surface area contributed by atoms with Crippen LogP contribution in [0.5, 0.6) is 0 Å². The number of amides is 1. The van der Waals surface area contributed by atoms with Crippen molar-refractivity contribution < 1.29 is 4.79 Å². The minimum atomic E-state index is -0.0100. The molecule has 2 aromatic rings. The summed E-state index contributed by atoms with van der Waals surface area (Å²) in [5.74, 6) is 0.103. The SMILES string of the molecule is O=C(NCCc1nc2cc(Cl)ccc2s1)C1CCCN1. The van der Waals surface area contributed by atoms with Crippen molar-refractivity contribution in [2.45, 2.75) is 25.3 Å². The first-order valence-electron chi connectivity index (χ1n) is 6.78. The average Bonchev–Trinajstić information content (AvgIpc) is 3.06. The number of fused-ring (bicyclic) bond motifs is 1. The second kappa shape index (κ2) is 6.08. The maximum absolute atomic E-state index is 11.8. The second-order valence-corrected chi connectivity index (χ2v) is 6.46. The number of nitrogens with zero attached hydrogens (tertiary/aromatic N) is 1. The van der Waals surface area contributed by atoms with Crippen molar-refractivity contribution >= 4 is 39.1 Å². The molecule has 1 aromatic heterocycles. The minimum absolute atomic E-state index is 0.0100. The van der Waals surface area contributed by atoms with Crippen LogP contribution in [0, 0.1) is 0 Å². The van der Waals surface area contributed by atoms with Gasteiger partial charge in [0.1, 0.15) is 0 Å². The maximum Gasteiger partial charge on any atom is 0.237 e. The van der Waals surface area contributed by atoms with Crippen LogP contribution in [0.1, 0.15) is 17.8 Å². The zero-order valence-electron chi connectivity index (χ0n) is 11.0. The third kappa shape index (κ3) is 3.11. The quantitative estimate of drug-likeness (QED) is 0.911. The molecule has 1 unspecified atom stereocenters. The summed E-state index contributed by atoms with van der Waals surface area (Å²) in [5.41, 5.74) is 0.932. The molecule has 1 aliphatic rings. The number of carbonyl (C=O) groups excluding carboxylic acids is 1. The van der Waals surface area contributed by atoms with Crippen LogP contribution >= 0.6 is 22.9 Å². The first kappa shape index (κ1) is 13.8. The van der Waals surface area contributed by atoms with Crippen LogP contribution in [0.4, 0.5) is 0 Å². The molecule has 1 amide bonds. The number of halogens is 1. The average molecular weight is 310 g/mol. The lowest BCUT2D eigenvalue weighted by atomic mass is 10.2. The van der Waals surface area contributed by atoms with Gasteiger partial charge in [-0.15, -0.1) is 11.3 Å². The van der Waals surface area contributed by atoms with Crippen molar-refractivity contribution in [2.24, 2.45) is 0 Å². The molecule has 0 bridgehead atoms. The third-order valence-electron chi connectivity index (χ3n) is 3.41. The molecule has 6 heteroatoms. The second-order valence-electron chi connectivity index (χ2n) is 4.91. The number of nitrogens with one attached hydrogen (secondary N) is 2. The van der Waals surface area contributed by atoms with Crippen LogP contribution in [-0.4, -0.2) is 30.0 Å². The molecule has 20 heavy (non-hydrogen) atoms. The fraction of sp³-hybridized carbons (Fsp3) is 0.429. The van der Waals surface area contributed by atoms with E-state index in [2.05, 4.69) is 15.6 Å². The normalized spacial score (nSPS) is 18.6. The molecule has 1 atom stereocenters. The molecule has 0 radical (unpaired) electrons. The van der Waals surface area contributed by atoms with E-state index in [0.717, 1.165) is 41.0 Å². The first-order valence-corrected chi connectivity index (χ1v) is 7.98. The number of carbonyl (C=O) groups is 1. The third-order valence-corrected chi connectivity index (χ3v) is 4.74. The number of rotatable bonds is 4. The number of benzene rings is 1. The highest BCUT2D eigenvalue weighted by Gasteiger charge is 2.21. The Morgan fingerprint density at radius 3 is 3.25 bits per heavy atom. The molecular formula is C14H16ClN3OS. The molecular weight excluding hydrogens is 294 g/mol. The van der Waals surface area contributed by atoms with Gasteiger partial charge in [-0.05, 0) is 37.6 Å². The molecule has 1 aromatic carbocycles. The molecule has 0 aliphatic carbocycles. The Bertz CT molecular complexity index is 622. The van der Waals surface area contributed by atoms with E-state index in [0.29, 0.717) is 11.6 Å².